The topological polar surface area (TPSA) is 191 Å². The van der Waals surface area contributed by atoms with Crippen molar-refractivity contribution in [2.75, 3.05) is 20.8 Å². The molecule has 2 aromatic rings. The Morgan fingerprint density at radius 2 is 1.48 bits per heavy atom. The van der Waals surface area contributed by atoms with Crippen molar-refractivity contribution in [1.29, 1.82) is 0 Å². The predicted molar refractivity (Wildman–Crippen MR) is 247 cm³/mol. The molecule has 2 aromatic carbocycles. The maximum atomic E-state index is 15.7. The number of aliphatic hydroxyl groups is 1. The van der Waals surface area contributed by atoms with Crippen LogP contribution >= 0.6 is 0 Å². The molecule has 0 bridgehead atoms. The summed E-state index contributed by atoms with van der Waals surface area (Å²) in [5.74, 6) is -4.00. The molecule has 5 rings (SSSR count). The maximum absolute atomic E-state index is 15.7. The van der Waals surface area contributed by atoms with Gasteiger partial charge in [-0.25, -0.2) is 14.4 Å². The molecule has 1 amide bonds. The molecule has 364 valence electrons. The summed E-state index contributed by atoms with van der Waals surface area (Å²) in [6.07, 6.45) is -8.26. The van der Waals surface area contributed by atoms with Crippen LogP contribution in [-0.2, 0) is 52.0 Å². The van der Waals surface area contributed by atoms with Crippen molar-refractivity contribution >= 4 is 38.1 Å². The van der Waals surface area contributed by atoms with E-state index >= 15 is 9.59 Å². The average Bonchev–Trinajstić information content (AvgIpc) is 3.28. The van der Waals surface area contributed by atoms with E-state index < -0.39 is 109 Å². The van der Waals surface area contributed by atoms with Crippen LogP contribution in [0.1, 0.15) is 111 Å². The summed E-state index contributed by atoms with van der Waals surface area (Å²) in [5.41, 5.74) is -4.73. The molecule has 0 aromatic heterocycles. The highest BCUT2D eigenvalue weighted by Crippen LogP contribution is 2.59. The van der Waals surface area contributed by atoms with Crippen molar-refractivity contribution in [2.45, 2.75) is 167 Å². The van der Waals surface area contributed by atoms with Crippen molar-refractivity contribution < 1.29 is 66.7 Å². The molecule has 3 aliphatic rings. The fourth-order valence-corrected chi connectivity index (χ4v) is 13.2. The number of ether oxygens (including phenoxy) is 7. The third kappa shape index (κ3) is 10.8. The van der Waals surface area contributed by atoms with Crippen LogP contribution in [0.3, 0.4) is 0 Å². The van der Waals surface area contributed by atoms with Gasteiger partial charge in [-0.05, 0) is 95.4 Å². The van der Waals surface area contributed by atoms with Crippen LogP contribution in [0.5, 0.6) is 0 Å². The van der Waals surface area contributed by atoms with Crippen LogP contribution in [-0.4, -0.2) is 117 Å². The Kier molecular flexibility index (Phi) is 16.6. The van der Waals surface area contributed by atoms with Crippen molar-refractivity contribution in [1.82, 2.24) is 5.32 Å². The molecule has 66 heavy (non-hydrogen) atoms. The number of hydrogen-bond acceptors (Lipinski definition) is 14. The number of esters is 3. The molecular weight excluding hydrogens is 867 g/mol. The first kappa shape index (κ1) is 52.5. The Labute approximate surface area is 390 Å². The van der Waals surface area contributed by atoms with Gasteiger partial charge in [0.2, 0.25) is 0 Å². The summed E-state index contributed by atoms with van der Waals surface area (Å²) in [6.45, 7) is 18.7. The van der Waals surface area contributed by atoms with Gasteiger partial charge in [-0.15, -0.1) is 0 Å². The van der Waals surface area contributed by atoms with E-state index in [0.717, 1.165) is 0 Å². The monoisotopic (exact) mass is 937 g/mol. The Hall–Kier alpha value is -4.45. The summed E-state index contributed by atoms with van der Waals surface area (Å²) < 4.78 is 50.6. The second-order valence-electron chi connectivity index (χ2n) is 19.5. The zero-order chi connectivity index (χ0) is 49.0. The minimum absolute atomic E-state index is 0.106. The van der Waals surface area contributed by atoms with E-state index in [1.807, 2.05) is 26.8 Å². The number of fused-ring (bicyclic) bond motifs is 3. The molecule has 2 N–H and O–H groups in total. The smallest absolute Gasteiger partial charge is 0.408 e. The van der Waals surface area contributed by atoms with Gasteiger partial charge in [0.05, 0.1) is 41.3 Å². The quantitative estimate of drug-likeness (QED) is 0.0724. The molecule has 15 nitrogen and oxygen atoms in total. The number of hydrogen-bond donors (Lipinski definition) is 2. The molecule has 16 heteroatoms. The fourth-order valence-electron chi connectivity index (χ4n) is 10.4. The van der Waals surface area contributed by atoms with E-state index in [2.05, 4.69) is 5.32 Å². The van der Waals surface area contributed by atoms with Crippen LogP contribution in [0.25, 0.3) is 0 Å². The van der Waals surface area contributed by atoms with Crippen LogP contribution < -0.4 is 5.32 Å². The van der Waals surface area contributed by atoms with E-state index in [1.165, 1.54) is 35.0 Å². The minimum Gasteiger partial charge on any atom is -0.458 e. The summed E-state index contributed by atoms with van der Waals surface area (Å²) in [6, 6.07) is 18.0. The summed E-state index contributed by atoms with van der Waals surface area (Å²) in [4.78, 5) is 72.5. The first-order valence-corrected chi connectivity index (χ1v) is 25.5. The van der Waals surface area contributed by atoms with Gasteiger partial charge in [-0.1, -0.05) is 69.3 Å². The lowest BCUT2D eigenvalue weighted by molar-refractivity contribution is -0.332. The van der Waals surface area contributed by atoms with Gasteiger partial charge in [0.1, 0.15) is 30.0 Å². The molecular formula is C50H71NO14Si. The molecule has 0 radical (unpaired) electrons. The SMILES string of the molecule is CC[Si](CC)(CC)O[C@@H](C(=O)OC1C[C@@H](OC(=O)c2ccccc2)[C@@H]2[C@]3(OC(C)=O)CO[C@@H]3C[C@H](OC)[C@@]2(C)C(=O)[C@H](OC)/C(C(C)(C)O)=C/1C)[C@@H](NC(=O)OC(C)(C)C)c1ccccc1. The van der Waals surface area contributed by atoms with Gasteiger partial charge in [0.25, 0.3) is 0 Å². The number of benzene rings is 2. The third-order valence-corrected chi connectivity index (χ3v) is 18.4. The molecule has 2 aliphatic carbocycles. The molecule has 1 aliphatic heterocycles. The van der Waals surface area contributed by atoms with Gasteiger partial charge in [0.15, 0.2) is 25.8 Å². The summed E-state index contributed by atoms with van der Waals surface area (Å²) in [7, 11) is 0.0779. The Bertz CT molecular complexity index is 2070. The number of rotatable bonds is 16. The number of amides is 1. The highest BCUT2D eigenvalue weighted by molar-refractivity contribution is 6.73. The molecule has 1 heterocycles. The van der Waals surface area contributed by atoms with E-state index in [1.54, 1.807) is 89.2 Å². The number of Topliss-reactive ketones (excluding diaryl/α,β-unsaturated/α-hetero) is 1. The molecule has 0 spiro atoms. The highest BCUT2D eigenvalue weighted by Gasteiger charge is 2.73. The summed E-state index contributed by atoms with van der Waals surface area (Å²) in [5, 5.41) is 15.0. The first-order chi connectivity index (χ1) is 30.9. The maximum Gasteiger partial charge on any atom is 0.408 e. The second-order valence-corrected chi connectivity index (χ2v) is 24.2. The number of methoxy groups -OCH3 is 2. The minimum atomic E-state index is -2.72. The van der Waals surface area contributed by atoms with E-state index in [9.17, 15) is 19.5 Å². The van der Waals surface area contributed by atoms with E-state index in [4.69, 9.17) is 37.6 Å². The average molecular weight is 938 g/mol. The molecule has 2 fully saturated rings. The lowest BCUT2D eigenvalue weighted by Gasteiger charge is -2.63. The van der Waals surface area contributed by atoms with Crippen LogP contribution in [0.2, 0.25) is 18.1 Å². The molecule has 1 saturated carbocycles. The number of carbonyl (C=O) groups is 5. The molecule has 1 unspecified atom stereocenters. The van der Waals surface area contributed by atoms with Gasteiger partial charge in [-0.3, -0.25) is 9.59 Å². The third-order valence-electron chi connectivity index (χ3n) is 13.8. The zero-order valence-electron chi connectivity index (χ0n) is 40.9. The van der Waals surface area contributed by atoms with Crippen molar-refractivity contribution in [3.8, 4) is 0 Å². The van der Waals surface area contributed by atoms with Gasteiger partial charge >= 0.3 is 24.0 Å². The fraction of sp³-hybridized carbons (Fsp3) is 0.620. The van der Waals surface area contributed by atoms with Gasteiger partial charge in [0, 0.05) is 34.0 Å². The standard InChI is InChI=1S/C50H71NO14Si/c1-14-66(15-2,16-3)65-41(39(32-23-19-17-20-24-32)51-46(56)64-47(6,7)8)45(55)61-34-27-35(62-44(54)33-25-21-18-22-26-33)42-49(11,43(53)40(59-13)38(30(34)4)48(9,10)57)36(58-12)28-37-50(42,29-60-37)63-31(5)52/h17-26,34-37,39-42,57H,14-16,27-29H2,1-13H3,(H,51,56)/b38-30-/t34?,35-,36+,37-,39+,40-,41-,42+,49-,50+/m1/s1. The van der Waals surface area contributed by atoms with Crippen molar-refractivity contribution in [2.24, 2.45) is 11.3 Å². The number of nitrogens with one attached hydrogen (secondary N) is 1. The summed E-state index contributed by atoms with van der Waals surface area (Å²) >= 11 is 0. The highest BCUT2D eigenvalue weighted by atomic mass is 28.4. The molecule has 10 atom stereocenters. The van der Waals surface area contributed by atoms with Crippen LogP contribution in [0.15, 0.2) is 71.8 Å². The Morgan fingerprint density at radius 3 is 1.97 bits per heavy atom. The second kappa shape index (κ2) is 20.8. The van der Waals surface area contributed by atoms with Crippen molar-refractivity contribution in [3.63, 3.8) is 0 Å². The molecule has 1 saturated heterocycles. The van der Waals surface area contributed by atoms with E-state index in [-0.39, 0.29) is 36.2 Å². The van der Waals surface area contributed by atoms with Crippen LogP contribution in [0, 0.1) is 11.3 Å². The lowest BCUT2D eigenvalue weighted by atomic mass is 9.51. The van der Waals surface area contributed by atoms with Gasteiger partial charge < -0.3 is 48.0 Å². The lowest BCUT2D eigenvalue weighted by Crippen LogP contribution is -2.77. The van der Waals surface area contributed by atoms with Crippen LogP contribution in [0.4, 0.5) is 4.79 Å². The van der Waals surface area contributed by atoms with Crippen molar-refractivity contribution in [3.05, 3.63) is 82.9 Å². The Balaban J connectivity index is 1.80. The Morgan fingerprint density at radius 1 is 0.894 bits per heavy atom. The normalized spacial score (nSPS) is 29.0. The number of alkyl carbamates (subject to hydrolysis) is 1. The first-order valence-electron chi connectivity index (χ1n) is 23.0. The number of carbonyl (C=O) groups excluding carboxylic acids is 5. The predicted octanol–water partition coefficient (Wildman–Crippen LogP) is 7.60. The van der Waals surface area contributed by atoms with Gasteiger partial charge in [-0.2, -0.15) is 0 Å². The van der Waals surface area contributed by atoms with E-state index in [0.29, 0.717) is 23.7 Å². The largest absolute Gasteiger partial charge is 0.458 e. The zero-order valence-corrected chi connectivity index (χ0v) is 41.9. The number of ketones is 1.